The van der Waals surface area contributed by atoms with Crippen LogP contribution in [0.2, 0.25) is 0 Å². The summed E-state index contributed by atoms with van der Waals surface area (Å²) in [6.07, 6.45) is 3.88. The van der Waals surface area contributed by atoms with Crippen molar-refractivity contribution in [2.24, 2.45) is 0 Å². The predicted octanol–water partition coefficient (Wildman–Crippen LogP) is 3.96. The number of likely N-dealkylation sites (N-methyl/N-ethyl adjacent to an activating group) is 1. The standard InChI is InChI=1S/C29H35FN8/c1-34(2)14-15-35-16-18-36(19-17-35)28-10-4-8-24(32-28)26-21-31-27-11-12-29(33-38(26)27)37-13-5-9-25(37)22-6-3-7-23(30)20-22/h3-4,6-8,10-12,20-21,25H,5,9,13-19H2,1-2H3. The van der Waals surface area contributed by atoms with Crippen molar-refractivity contribution in [2.75, 3.05) is 69.7 Å². The highest BCUT2D eigenvalue weighted by molar-refractivity contribution is 5.62. The first-order valence-electron chi connectivity index (χ1n) is 13.5. The quantitative estimate of drug-likeness (QED) is 0.370. The minimum absolute atomic E-state index is 0.112. The fourth-order valence-corrected chi connectivity index (χ4v) is 5.58. The van der Waals surface area contributed by atoms with E-state index in [1.807, 2.05) is 35.0 Å². The van der Waals surface area contributed by atoms with E-state index in [2.05, 4.69) is 50.8 Å². The lowest BCUT2D eigenvalue weighted by Crippen LogP contribution is -2.48. The monoisotopic (exact) mass is 514 g/mol. The van der Waals surface area contributed by atoms with Gasteiger partial charge in [0.05, 0.1) is 17.9 Å². The van der Waals surface area contributed by atoms with Crippen LogP contribution in [-0.4, -0.2) is 89.3 Å². The number of halogens is 1. The van der Waals surface area contributed by atoms with Crippen molar-refractivity contribution in [1.29, 1.82) is 0 Å². The molecule has 0 aliphatic carbocycles. The SMILES string of the molecule is CN(C)CCN1CCN(c2cccc(-c3cnc4ccc(N5CCCC5c5cccc(F)c5)nn34)n2)CC1. The summed E-state index contributed by atoms with van der Waals surface area (Å²) in [5, 5.41) is 5.00. The normalized spacial score (nSPS) is 18.7. The number of imidazole rings is 1. The zero-order chi connectivity index (χ0) is 26.1. The Balaban J connectivity index is 1.24. The predicted molar refractivity (Wildman–Crippen MR) is 149 cm³/mol. The van der Waals surface area contributed by atoms with E-state index in [1.54, 1.807) is 12.1 Å². The number of aromatic nitrogens is 4. The Morgan fingerprint density at radius 1 is 0.947 bits per heavy atom. The maximum Gasteiger partial charge on any atom is 0.154 e. The van der Waals surface area contributed by atoms with Crippen molar-refractivity contribution in [3.63, 3.8) is 0 Å². The number of benzene rings is 1. The van der Waals surface area contributed by atoms with E-state index < -0.39 is 0 Å². The second-order valence-corrected chi connectivity index (χ2v) is 10.5. The van der Waals surface area contributed by atoms with E-state index >= 15 is 0 Å². The summed E-state index contributed by atoms with van der Waals surface area (Å²) in [7, 11) is 4.25. The van der Waals surface area contributed by atoms with E-state index in [-0.39, 0.29) is 11.9 Å². The molecule has 198 valence electrons. The molecule has 3 aromatic heterocycles. The van der Waals surface area contributed by atoms with Crippen molar-refractivity contribution in [2.45, 2.75) is 18.9 Å². The lowest BCUT2D eigenvalue weighted by atomic mass is 10.0. The van der Waals surface area contributed by atoms with Gasteiger partial charge in [0.1, 0.15) is 23.1 Å². The molecular weight excluding hydrogens is 479 g/mol. The third kappa shape index (κ3) is 5.08. The summed E-state index contributed by atoms with van der Waals surface area (Å²) in [6, 6.07) is 17.2. The second kappa shape index (κ2) is 10.7. The van der Waals surface area contributed by atoms with E-state index in [0.717, 1.165) is 92.9 Å². The van der Waals surface area contributed by atoms with Gasteiger partial charge < -0.3 is 14.7 Å². The Morgan fingerprint density at radius 2 is 1.79 bits per heavy atom. The van der Waals surface area contributed by atoms with Gasteiger partial charge in [-0.1, -0.05) is 18.2 Å². The zero-order valence-electron chi connectivity index (χ0n) is 22.2. The Hall–Kier alpha value is -3.56. The molecule has 0 saturated carbocycles. The van der Waals surface area contributed by atoms with Crippen LogP contribution in [0.25, 0.3) is 17.0 Å². The first-order chi connectivity index (χ1) is 18.5. The number of piperazine rings is 1. The molecule has 4 aromatic rings. The van der Waals surface area contributed by atoms with Crippen LogP contribution in [0.3, 0.4) is 0 Å². The van der Waals surface area contributed by atoms with Gasteiger partial charge in [0.25, 0.3) is 0 Å². The highest BCUT2D eigenvalue weighted by Gasteiger charge is 2.28. The largest absolute Gasteiger partial charge is 0.354 e. The summed E-state index contributed by atoms with van der Waals surface area (Å²) < 4.78 is 15.8. The molecule has 1 unspecified atom stereocenters. The van der Waals surface area contributed by atoms with Crippen LogP contribution >= 0.6 is 0 Å². The molecule has 2 aliphatic heterocycles. The molecule has 2 saturated heterocycles. The third-order valence-corrected chi connectivity index (χ3v) is 7.69. The first kappa shape index (κ1) is 24.8. The third-order valence-electron chi connectivity index (χ3n) is 7.69. The summed E-state index contributed by atoms with van der Waals surface area (Å²) >= 11 is 0. The van der Waals surface area contributed by atoms with E-state index in [1.165, 1.54) is 6.07 Å². The lowest BCUT2D eigenvalue weighted by Gasteiger charge is -2.36. The van der Waals surface area contributed by atoms with Crippen LogP contribution in [-0.2, 0) is 0 Å². The molecule has 2 fully saturated rings. The fraction of sp³-hybridized carbons (Fsp3) is 0.414. The van der Waals surface area contributed by atoms with Gasteiger partial charge in [0.2, 0.25) is 0 Å². The molecule has 0 radical (unpaired) electrons. The lowest BCUT2D eigenvalue weighted by molar-refractivity contribution is 0.229. The molecule has 1 aromatic carbocycles. The number of fused-ring (bicyclic) bond motifs is 1. The Kier molecular flexibility index (Phi) is 6.95. The maximum atomic E-state index is 13.9. The van der Waals surface area contributed by atoms with Gasteiger partial charge in [-0.3, -0.25) is 4.90 Å². The van der Waals surface area contributed by atoms with Crippen LogP contribution < -0.4 is 9.80 Å². The number of pyridine rings is 1. The van der Waals surface area contributed by atoms with Gasteiger partial charge in [-0.2, -0.15) is 0 Å². The molecule has 38 heavy (non-hydrogen) atoms. The van der Waals surface area contributed by atoms with Gasteiger partial charge in [-0.05, 0) is 68.9 Å². The van der Waals surface area contributed by atoms with Gasteiger partial charge in [0, 0.05) is 45.8 Å². The second-order valence-electron chi connectivity index (χ2n) is 10.5. The molecule has 9 heteroatoms. The highest BCUT2D eigenvalue weighted by atomic mass is 19.1. The molecule has 0 amide bonds. The van der Waals surface area contributed by atoms with Gasteiger partial charge in [-0.15, -0.1) is 5.10 Å². The van der Waals surface area contributed by atoms with Crippen molar-refractivity contribution < 1.29 is 4.39 Å². The summed E-state index contributed by atoms with van der Waals surface area (Å²) in [4.78, 5) is 19.0. The first-order valence-corrected chi connectivity index (χ1v) is 13.5. The van der Waals surface area contributed by atoms with Crippen LogP contribution in [0, 0.1) is 5.82 Å². The highest BCUT2D eigenvalue weighted by Crippen LogP contribution is 2.35. The smallest absolute Gasteiger partial charge is 0.154 e. The summed E-state index contributed by atoms with van der Waals surface area (Å²) in [6.45, 7) is 7.09. The van der Waals surface area contributed by atoms with Crippen LogP contribution in [0.15, 0.2) is 60.8 Å². The number of hydrogen-bond acceptors (Lipinski definition) is 7. The molecule has 1 atom stereocenters. The number of nitrogens with zero attached hydrogens (tertiary/aromatic N) is 8. The Labute approximate surface area is 223 Å². The van der Waals surface area contributed by atoms with E-state index in [0.29, 0.717) is 0 Å². The van der Waals surface area contributed by atoms with Crippen molar-refractivity contribution >= 4 is 17.3 Å². The van der Waals surface area contributed by atoms with Gasteiger partial charge in [0.15, 0.2) is 5.65 Å². The summed E-state index contributed by atoms with van der Waals surface area (Å²) in [5.41, 5.74) is 3.51. The molecule has 5 heterocycles. The van der Waals surface area contributed by atoms with Crippen molar-refractivity contribution in [1.82, 2.24) is 29.4 Å². The minimum Gasteiger partial charge on any atom is -0.354 e. The molecule has 0 N–H and O–H groups in total. The Bertz CT molecular complexity index is 1390. The maximum absolute atomic E-state index is 13.9. The van der Waals surface area contributed by atoms with Crippen LogP contribution in [0.1, 0.15) is 24.4 Å². The molecule has 0 spiro atoms. The number of rotatable bonds is 7. The van der Waals surface area contributed by atoms with Crippen LogP contribution in [0.5, 0.6) is 0 Å². The number of anilines is 2. The molecule has 0 bridgehead atoms. The number of hydrogen-bond donors (Lipinski definition) is 0. The fourth-order valence-electron chi connectivity index (χ4n) is 5.58. The molecular formula is C29H35FN8. The molecule has 2 aliphatic rings. The van der Waals surface area contributed by atoms with E-state index in [4.69, 9.17) is 10.1 Å². The summed E-state index contributed by atoms with van der Waals surface area (Å²) in [5.74, 6) is 1.66. The van der Waals surface area contributed by atoms with Crippen molar-refractivity contribution in [3.05, 3.63) is 72.2 Å². The van der Waals surface area contributed by atoms with Crippen LogP contribution in [0.4, 0.5) is 16.0 Å². The van der Waals surface area contributed by atoms with Gasteiger partial charge >= 0.3 is 0 Å². The topological polar surface area (TPSA) is 56.0 Å². The zero-order valence-corrected chi connectivity index (χ0v) is 22.2. The Morgan fingerprint density at radius 3 is 2.61 bits per heavy atom. The molecule has 8 nitrogen and oxygen atoms in total. The van der Waals surface area contributed by atoms with E-state index in [9.17, 15) is 4.39 Å². The molecule has 6 rings (SSSR count). The average molecular weight is 515 g/mol. The van der Waals surface area contributed by atoms with Gasteiger partial charge in [-0.25, -0.2) is 18.9 Å². The average Bonchev–Trinajstić information content (AvgIpc) is 3.60. The van der Waals surface area contributed by atoms with Crippen molar-refractivity contribution in [3.8, 4) is 11.4 Å². The minimum atomic E-state index is -0.199.